The van der Waals surface area contributed by atoms with Crippen LogP contribution in [0.25, 0.3) is 11.0 Å². The molecule has 2 fully saturated rings. The molecule has 98 heavy (non-hydrogen) atoms. The van der Waals surface area contributed by atoms with Crippen LogP contribution in [0, 0.1) is 17.3 Å². The average molecular weight is 1390 g/mol. The van der Waals surface area contributed by atoms with Crippen LogP contribution in [0.5, 0.6) is 0 Å². The number of nitrogens with two attached hydrogens (primary N) is 1. The van der Waals surface area contributed by atoms with Crippen molar-refractivity contribution in [2.24, 2.45) is 23.0 Å². The second kappa shape index (κ2) is 36.3. The van der Waals surface area contributed by atoms with Crippen LogP contribution < -0.4 is 53.6 Å². The topological polar surface area (TPSA) is 371 Å². The quantitative estimate of drug-likeness (QED) is 0.0149. The first-order chi connectivity index (χ1) is 47.0. The number of nitrogens with one attached hydrogen (secondary N) is 9. The number of ether oxygens (including phenoxy) is 4. The second-order valence-corrected chi connectivity index (χ2v) is 28.3. The van der Waals surface area contributed by atoms with Gasteiger partial charge >= 0.3 is 12.1 Å². The molecule has 2 aliphatic heterocycles. The van der Waals surface area contributed by atoms with Crippen molar-refractivity contribution in [2.45, 2.75) is 170 Å². The largest absolute Gasteiger partial charge is 0.516 e. The molecule has 2 aromatic carbocycles. The van der Waals surface area contributed by atoms with Crippen LogP contribution in [0.3, 0.4) is 0 Å². The summed E-state index contributed by atoms with van der Waals surface area (Å²) in [6.07, 6.45) is 11.1. The molecular weight excluding hydrogens is 1300 g/mol. The summed E-state index contributed by atoms with van der Waals surface area (Å²) in [5.74, 6) is -1.43. The molecule has 10 atom stereocenters. The van der Waals surface area contributed by atoms with E-state index in [2.05, 4.69) is 84.9 Å². The molecule has 0 bridgehead atoms. The molecule has 12 N–H and O–H groups in total. The molecular formula is C70H96N12O14S2. The fourth-order valence-corrected chi connectivity index (χ4v) is 17.3. The summed E-state index contributed by atoms with van der Waals surface area (Å²) in [6, 6.07) is 5.92. The average Bonchev–Trinajstić information content (AvgIpc) is 0.889. The predicted octanol–water partition coefficient (Wildman–Crippen LogP) is 6.14. The van der Waals surface area contributed by atoms with Gasteiger partial charge in [0.25, 0.3) is 5.91 Å². The van der Waals surface area contributed by atoms with Gasteiger partial charge in [-0.1, -0.05) is 71.6 Å². The lowest BCUT2D eigenvalue weighted by Crippen LogP contribution is -2.60. The van der Waals surface area contributed by atoms with Crippen LogP contribution in [0.15, 0.2) is 89.4 Å². The number of hydrogen-bond donors (Lipinski definition) is 11. The summed E-state index contributed by atoms with van der Waals surface area (Å²) in [4.78, 5) is 129. The SMILES string of the molecule is C=C(/C=C/O)C(NC)[C@@H]1CC2=C(C(=O)C(OC)=C(C)C2=O)[C@H](CNC(=O)[C@H](C)NC(=O)OCc2ccc(NC(=O)[C@H](CCCNC(N)=O)NC(=O)[C@@H](NC(=O)CCOCCOCCNC(=O)c3ccc4nc5c(nc4c3)CSC3C4CCCCCCCC4(C)C3SC5)C(C)C)cc2)N1. The normalized spacial score (nSPS) is 22.1. The van der Waals surface area contributed by atoms with Gasteiger partial charge in [0.15, 0.2) is 11.5 Å². The van der Waals surface area contributed by atoms with E-state index in [0.29, 0.717) is 43.8 Å². The van der Waals surface area contributed by atoms with E-state index in [1.807, 2.05) is 12.1 Å². The van der Waals surface area contributed by atoms with Crippen LogP contribution >= 0.6 is 23.5 Å². The number of nitrogens with zero attached hydrogens (tertiary/aromatic N) is 2. The number of amides is 8. The van der Waals surface area contributed by atoms with Crippen LogP contribution in [0.4, 0.5) is 15.3 Å². The number of hydrogen-bond acceptors (Lipinski definition) is 20. The number of urea groups is 1. The number of Topliss-reactive ketones (excluding diaryl/α,β-unsaturated/α-hetero) is 2. The van der Waals surface area contributed by atoms with E-state index in [9.17, 15) is 48.3 Å². The molecule has 3 aliphatic carbocycles. The molecule has 1 aromatic heterocycles. The lowest BCUT2D eigenvalue weighted by atomic mass is 9.57. The van der Waals surface area contributed by atoms with Crippen LogP contribution in [-0.2, 0) is 65.8 Å². The van der Waals surface area contributed by atoms with E-state index in [1.54, 1.807) is 51.2 Å². The fraction of sp³-hybridized carbons (Fsp3) is 0.557. The Hall–Kier alpha value is -7.89. The first kappa shape index (κ1) is 75.9. The standard InChI is InChI=1S/C70H96N12O14S2/c1-39(2)57(82-55(84)24-29-94-31-32-95-30-27-73-65(88)44-19-22-48-50(33-44)79-53-37-97-62-47-15-12-10-9-11-13-25-70(47,6)63(62)98-38-54(53)78-48)67(90)81-49(16-14-26-74-68(71)91)66(89)77-45-20-17-43(18-21-45)36-96-69(92)76-42(5)64(87)75-35-52-56-46(59(85)41(4)61(93-8)60(56)86)34-51(80-52)58(72-7)40(3)23-28-83/h17-23,28,33,39,42,47,49,51-52,57-58,62-63,72,80,83H,3,9-16,24-27,29-32,34-38H2,1-2,4-8H3,(H,73,88)(H,75,87)(H,76,92)(H,77,89)(H,81,90)(H,82,84)(H3,71,74,91)/b28-23+/t42-,47?,49-,51-,52-,57-,58?,62?,63?,70?/m0/s1. The van der Waals surface area contributed by atoms with E-state index in [0.717, 1.165) is 40.6 Å². The van der Waals surface area contributed by atoms with Gasteiger partial charge in [0.2, 0.25) is 29.4 Å². The lowest BCUT2D eigenvalue weighted by molar-refractivity contribution is -0.132. The number of ketones is 2. The maximum Gasteiger partial charge on any atom is 0.408 e. The third-order valence-electron chi connectivity index (χ3n) is 18.9. The monoisotopic (exact) mass is 1390 g/mol. The van der Waals surface area contributed by atoms with Gasteiger partial charge in [0, 0.05) is 88.1 Å². The van der Waals surface area contributed by atoms with Gasteiger partial charge < -0.3 is 77.6 Å². The second-order valence-electron chi connectivity index (χ2n) is 26.0. The third-order valence-corrected chi connectivity index (χ3v) is 22.1. The third kappa shape index (κ3) is 19.7. The van der Waals surface area contributed by atoms with Crippen molar-refractivity contribution in [3.05, 3.63) is 112 Å². The van der Waals surface area contributed by atoms with Crippen molar-refractivity contribution < 1.29 is 67.2 Å². The van der Waals surface area contributed by atoms with Gasteiger partial charge in [-0.25, -0.2) is 19.6 Å². The summed E-state index contributed by atoms with van der Waals surface area (Å²) in [6.45, 7) is 13.7. The van der Waals surface area contributed by atoms with E-state index in [1.165, 1.54) is 72.0 Å². The Morgan fingerprint density at radius 1 is 0.837 bits per heavy atom. The molecule has 8 amide bonds. The number of aliphatic hydroxyl groups excluding tert-OH is 1. The van der Waals surface area contributed by atoms with Gasteiger partial charge in [0.1, 0.15) is 24.7 Å². The Morgan fingerprint density at radius 3 is 2.27 bits per heavy atom. The highest BCUT2D eigenvalue weighted by molar-refractivity contribution is 8.03. The van der Waals surface area contributed by atoms with Crippen LogP contribution in [-0.4, -0.2) is 175 Å². The number of thioether (sulfide) groups is 2. The Labute approximate surface area is 580 Å². The maximum absolute atomic E-state index is 13.8. The number of anilines is 1. The van der Waals surface area contributed by atoms with E-state index in [4.69, 9.17) is 34.6 Å². The van der Waals surface area contributed by atoms with Crippen LogP contribution in [0.2, 0.25) is 0 Å². The van der Waals surface area contributed by atoms with Crippen LogP contribution in [0.1, 0.15) is 133 Å². The van der Waals surface area contributed by atoms with Gasteiger partial charge in [0.05, 0.1) is 68.3 Å². The van der Waals surface area contributed by atoms with Crippen molar-refractivity contribution in [1.29, 1.82) is 0 Å². The number of likely N-dealkylation sites (N-methyl/N-ethyl adjacent to an activating group) is 1. The lowest BCUT2D eigenvalue weighted by Gasteiger charge is -2.60. The van der Waals surface area contributed by atoms with Crippen molar-refractivity contribution >= 4 is 93.5 Å². The zero-order valence-corrected chi connectivity index (χ0v) is 58.7. The number of primary amides is 1. The first-order valence-electron chi connectivity index (χ1n) is 33.8. The molecule has 3 aromatic rings. The van der Waals surface area contributed by atoms with Crippen molar-refractivity contribution in [2.75, 3.05) is 65.5 Å². The Kier molecular flexibility index (Phi) is 28.1. The number of fused-ring (bicyclic) bond motifs is 6. The molecule has 2 saturated carbocycles. The minimum absolute atomic E-state index is 0.0359. The highest BCUT2D eigenvalue weighted by Crippen LogP contribution is 2.63. The van der Waals surface area contributed by atoms with Crippen molar-refractivity contribution in [1.82, 2.24) is 52.5 Å². The van der Waals surface area contributed by atoms with Gasteiger partial charge in [-0.15, -0.1) is 0 Å². The summed E-state index contributed by atoms with van der Waals surface area (Å²) >= 11 is 4.12. The minimum Gasteiger partial charge on any atom is -0.516 e. The number of alkyl carbamates (subject to hydrolysis) is 1. The zero-order chi connectivity index (χ0) is 70.6. The number of benzene rings is 2. The van der Waals surface area contributed by atoms with E-state index < -0.39 is 83.7 Å². The molecule has 8 rings (SSSR count). The van der Waals surface area contributed by atoms with Gasteiger partial charge in [-0.3, -0.25) is 33.6 Å². The minimum atomic E-state index is -1.12. The zero-order valence-electron chi connectivity index (χ0n) is 57.1. The predicted molar refractivity (Wildman–Crippen MR) is 374 cm³/mol. The Balaban J connectivity index is 0.732. The van der Waals surface area contributed by atoms with E-state index >= 15 is 0 Å². The molecule has 26 nitrogen and oxygen atoms in total. The number of aliphatic hydroxyl groups is 1. The van der Waals surface area contributed by atoms with Gasteiger partial charge in [-0.05, 0) is 118 Å². The molecule has 0 saturated heterocycles. The summed E-state index contributed by atoms with van der Waals surface area (Å²) < 4.78 is 22.1. The number of aromatic nitrogens is 2. The highest BCUT2D eigenvalue weighted by atomic mass is 32.2. The Bertz CT molecular complexity index is 3510. The summed E-state index contributed by atoms with van der Waals surface area (Å²) in [7, 11) is 2.99. The summed E-state index contributed by atoms with van der Waals surface area (Å²) in [5.41, 5.74) is 11.6. The smallest absolute Gasteiger partial charge is 0.408 e. The maximum atomic E-state index is 13.8. The molecule has 28 heteroatoms. The number of carbonyl (C=O) groups is 9. The van der Waals surface area contributed by atoms with E-state index in [-0.39, 0.29) is 113 Å². The van der Waals surface area contributed by atoms with Crippen molar-refractivity contribution in [3.63, 3.8) is 0 Å². The van der Waals surface area contributed by atoms with Gasteiger partial charge in [-0.2, -0.15) is 23.5 Å². The molecule has 5 unspecified atom stereocenters. The first-order valence-corrected chi connectivity index (χ1v) is 35.9. The molecule has 3 heterocycles. The molecule has 0 spiro atoms. The Morgan fingerprint density at radius 2 is 1.55 bits per heavy atom. The molecule has 5 aliphatic rings. The fourth-order valence-electron chi connectivity index (χ4n) is 13.5. The number of carbonyl (C=O) groups excluding carboxylic acids is 9. The summed E-state index contributed by atoms with van der Waals surface area (Å²) in [5, 5.41) is 36.1. The number of allylic oxidation sites excluding steroid dienone is 2. The number of rotatable bonds is 31. The highest BCUT2D eigenvalue weighted by Gasteiger charge is 2.58. The van der Waals surface area contributed by atoms with Crippen molar-refractivity contribution in [3.8, 4) is 0 Å². The number of methoxy groups -OCH3 is 1. The molecule has 532 valence electrons. The molecule has 0 radical (unpaired) electrons.